The van der Waals surface area contributed by atoms with Crippen LogP contribution in [-0.2, 0) is 11.0 Å². The van der Waals surface area contributed by atoms with Gasteiger partial charge in [0.25, 0.3) is 5.91 Å². The standard InChI is InChI=1S/C34H34F6N4O2/c35-33(36,37)27-15-14-24(20-42-27)44-18-16-23(17-19-44)30(41)28-26(43-32(46)31(45)29(28)34(38,39)40)13-7-12-25(21-8-3-1-4-9-21)22-10-5-2-6-11-22/h1-6,8-11,14-15,20,23,25,29,31,45H,7,12-13,16-19,41H2/t29?,31-/m1/s1. The molecule has 3 N–H and O–H groups in total. The number of alkyl halides is 6. The molecule has 1 fully saturated rings. The largest absolute Gasteiger partial charge is 0.433 e. The minimum Gasteiger partial charge on any atom is -0.402 e. The molecular weight excluding hydrogens is 610 g/mol. The molecule has 6 nitrogen and oxygen atoms in total. The Morgan fingerprint density at radius 2 is 1.50 bits per heavy atom. The fourth-order valence-corrected chi connectivity index (χ4v) is 6.40. The number of carbonyl (C=O) groups is 1. The second kappa shape index (κ2) is 13.7. The molecule has 3 heterocycles. The minimum atomic E-state index is -4.96. The zero-order valence-corrected chi connectivity index (χ0v) is 24.8. The van der Waals surface area contributed by atoms with E-state index in [1.165, 1.54) is 6.07 Å². The highest BCUT2D eigenvalue weighted by Gasteiger charge is 2.53. The number of allylic oxidation sites excluding steroid dienone is 1. The van der Waals surface area contributed by atoms with E-state index in [4.69, 9.17) is 5.73 Å². The molecule has 0 saturated carbocycles. The van der Waals surface area contributed by atoms with Gasteiger partial charge in [-0.25, -0.2) is 9.98 Å². The van der Waals surface area contributed by atoms with Crippen LogP contribution in [0.4, 0.5) is 32.0 Å². The van der Waals surface area contributed by atoms with Gasteiger partial charge >= 0.3 is 12.4 Å². The van der Waals surface area contributed by atoms with E-state index in [-0.39, 0.29) is 29.3 Å². The van der Waals surface area contributed by atoms with E-state index in [1.54, 1.807) is 4.90 Å². The van der Waals surface area contributed by atoms with Crippen molar-refractivity contribution in [3.8, 4) is 0 Å². The number of carbonyl (C=O) groups excluding carboxylic acids is 1. The van der Waals surface area contributed by atoms with Crippen LogP contribution in [-0.4, -0.2) is 47.1 Å². The first kappa shape index (κ1) is 33.2. The molecule has 46 heavy (non-hydrogen) atoms. The van der Waals surface area contributed by atoms with Gasteiger partial charge in [-0.15, -0.1) is 0 Å². The van der Waals surface area contributed by atoms with Crippen molar-refractivity contribution in [3.05, 3.63) is 107 Å². The third-order valence-corrected chi connectivity index (χ3v) is 8.75. The number of rotatable bonds is 8. The average Bonchev–Trinajstić information content (AvgIpc) is 3.04. The number of nitrogens with zero attached hydrogens (tertiary/aromatic N) is 3. The van der Waals surface area contributed by atoms with E-state index in [9.17, 15) is 36.2 Å². The SMILES string of the molecule is NC(=C1C(CCCC(c2ccccc2)c2ccccc2)=NC(=O)[C@H](O)C1C(F)(F)F)C1CCN(c2ccc(C(F)(F)F)nc2)CC1. The van der Waals surface area contributed by atoms with Crippen molar-refractivity contribution in [2.75, 3.05) is 18.0 Å². The highest BCUT2D eigenvalue weighted by atomic mass is 19.4. The summed E-state index contributed by atoms with van der Waals surface area (Å²) in [6.07, 6.45) is -9.19. The summed E-state index contributed by atoms with van der Waals surface area (Å²) in [6.45, 7) is 0.623. The fourth-order valence-electron chi connectivity index (χ4n) is 6.40. The summed E-state index contributed by atoms with van der Waals surface area (Å²) in [5.74, 6) is -4.32. The number of aliphatic hydroxyl groups excluding tert-OH is 1. The van der Waals surface area contributed by atoms with Crippen molar-refractivity contribution < 1.29 is 36.2 Å². The van der Waals surface area contributed by atoms with Crippen LogP contribution in [0.15, 0.2) is 95.3 Å². The first-order valence-corrected chi connectivity index (χ1v) is 15.1. The summed E-state index contributed by atoms with van der Waals surface area (Å²) in [5, 5.41) is 10.4. The van der Waals surface area contributed by atoms with Crippen LogP contribution in [0.2, 0.25) is 0 Å². The van der Waals surface area contributed by atoms with Crippen molar-refractivity contribution in [1.29, 1.82) is 0 Å². The quantitative estimate of drug-likeness (QED) is 0.257. The number of aromatic nitrogens is 1. The number of piperidine rings is 1. The third kappa shape index (κ3) is 7.43. The van der Waals surface area contributed by atoms with Crippen molar-refractivity contribution in [2.45, 2.75) is 56.5 Å². The van der Waals surface area contributed by atoms with Crippen molar-refractivity contribution in [3.63, 3.8) is 0 Å². The van der Waals surface area contributed by atoms with Crippen LogP contribution < -0.4 is 10.6 Å². The lowest BCUT2D eigenvalue weighted by atomic mass is 9.78. The Morgan fingerprint density at radius 1 is 0.913 bits per heavy atom. The van der Waals surface area contributed by atoms with Gasteiger partial charge in [-0.3, -0.25) is 4.79 Å². The van der Waals surface area contributed by atoms with Crippen LogP contribution >= 0.6 is 0 Å². The molecule has 1 unspecified atom stereocenters. The zero-order valence-electron chi connectivity index (χ0n) is 24.8. The summed E-state index contributed by atoms with van der Waals surface area (Å²) >= 11 is 0. The second-order valence-electron chi connectivity index (χ2n) is 11.7. The number of pyridine rings is 1. The van der Waals surface area contributed by atoms with Crippen molar-refractivity contribution in [1.82, 2.24) is 4.98 Å². The molecule has 5 rings (SSSR count). The van der Waals surface area contributed by atoms with Gasteiger partial charge in [-0.05, 0) is 55.4 Å². The maximum absolute atomic E-state index is 14.5. The maximum atomic E-state index is 14.5. The lowest BCUT2D eigenvalue weighted by Crippen LogP contribution is -2.47. The molecule has 12 heteroatoms. The molecule has 1 amide bonds. The van der Waals surface area contributed by atoms with Crippen LogP contribution in [0, 0.1) is 11.8 Å². The number of aliphatic hydroxyl groups is 1. The first-order chi connectivity index (χ1) is 21.8. The van der Waals surface area contributed by atoms with Crippen LogP contribution in [0.25, 0.3) is 0 Å². The lowest BCUT2D eigenvalue weighted by Gasteiger charge is -2.37. The van der Waals surface area contributed by atoms with E-state index in [0.717, 1.165) is 23.4 Å². The molecule has 3 aromatic rings. The molecule has 2 aliphatic heterocycles. The smallest absolute Gasteiger partial charge is 0.402 e. The predicted octanol–water partition coefficient (Wildman–Crippen LogP) is 7.05. The maximum Gasteiger partial charge on any atom is 0.433 e. The number of benzene rings is 2. The van der Waals surface area contributed by atoms with Gasteiger partial charge < -0.3 is 15.7 Å². The lowest BCUT2D eigenvalue weighted by molar-refractivity contribution is -0.190. The number of halogens is 6. The van der Waals surface area contributed by atoms with Gasteiger partial charge in [0.05, 0.1) is 17.6 Å². The minimum absolute atomic E-state index is 0.0416. The van der Waals surface area contributed by atoms with Crippen molar-refractivity contribution in [2.24, 2.45) is 22.6 Å². The molecule has 1 aromatic heterocycles. The van der Waals surface area contributed by atoms with E-state index in [2.05, 4.69) is 9.98 Å². The summed E-state index contributed by atoms with van der Waals surface area (Å²) < 4.78 is 82.2. The second-order valence-corrected chi connectivity index (χ2v) is 11.7. The van der Waals surface area contributed by atoms with Crippen molar-refractivity contribution >= 4 is 17.3 Å². The Balaban J connectivity index is 1.37. The van der Waals surface area contributed by atoms with Crippen LogP contribution in [0.3, 0.4) is 0 Å². The van der Waals surface area contributed by atoms with Gasteiger partial charge in [-0.2, -0.15) is 26.3 Å². The average molecular weight is 645 g/mol. The summed E-state index contributed by atoms with van der Waals surface area (Å²) in [7, 11) is 0. The number of amides is 1. The number of nitrogens with two attached hydrogens (primary N) is 1. The Bertz CT molecular complexity index is 1510. The normalized spacial score (nSPS) is 21.0. The molecule has 1 saturated heterocycles. The van der Waals surface area contributed by atoms with Gasteiger partial charge in [0.1, 0.15) is 11.6 Å². The molecule has 2 aliphatic rings. The van der Waals surface area contributed by atoms with E-state index in [1.807, 2.05) is 60.7 Å². The predicted molar refractivity (Wildman–Crippen MR) is 162 cm³/mol. The highest BCUT2D eigenvalue weighted by molar-refractivity contribution is 6.11. The Morgan fingerprint density at radius 3 is 2.00 bits per heavy atom. The Hall–Kier alpha value is -4.19. The molecule has 244 valence electrons. The molecule has 0 radical (unpaired) electrons. The summed E-state index contributed by atoms with van der Waals surface area (Å²) in [4.78, 5) is 21.8. The Labute approximate surface area is 262 Å². The summed E-state index contributed by atoms with van der Waals surface area (Å²) in [6, 6.07) is 21.7. The number of hydrogen-bond acceptors (Lipinski definition) is 5. The Kier molecular flexibility index (Phi) is 9.85. The molecule has 0 spiro atoms. The van der Waals surface area contributed by atoms with Crippen LogP contribution in [0.1, 0.15) is 54.8 Å². The number of anilines is 1. The molecular formula is C34H34F6N4O2. The molecule has 0 bridgehead atoms. The highest BCUT2D eigenvalue weighted by Crippen LogP contribution is 2.42. The van der Waals surface area contributed by atoms with Gasteiger partial charge in [0.2, 0.25) is 0 Å². The van der Waals surface area contributed by atoms with E-state index in [0.29, 0.717) is 44.5 Å². The topological polar surface area (TPSA) is 91.8 Å². The van der Waals surface area contributed by atoms with Gasteiger partial charge in [0, 0.05) is 36.2 Å². The van der Waals surface area contributed by atoms with Crippen LogP contribution in [0.5, 0.6) is 0 Å². The monoisotopic (exact) mass is 644 g/mol. The zero-order chi connectivity index (χ0) is 33.1. The number of hydrogen-bond donors (Lipinski definition) is 2. The third-order valence-electron chi connectivity index (χ3n) is 8.75. The first-order valence-electron chi connectivity index (χ1n) is 15.1. The fraction of sp³-hybridized carbons (Fsp3) is 0.382. The van der Waals surface area contributed by atoms with E-state index >= 15 is 0 Å². The van der Waals surface area contributed by atoms with Gasteiger partial charge in [-0.1, -0.05) is 60.7 Å². The molecule has 2 aromatic carbocycles. The molecule has 2 atom stereocenters. The summed E-state index contributed by atoms with van der Waals surface area (Å²) in [5.41, 5.74) is 7.55. The molecule has 0 aliphatic carbocycles. The van der Waals surface area contributed by atoms with Gasteiger partial charge in [0.15, 0.2) is 6.10 Å². The number of aliphatic imine (C=N–C) groups is 1. The van der Waals surface area contributed by atoms with E-state index < -0.39 is 41.9 Å².